The standard InChI is InChI=1S/C17H8NO.C8H14O2.Ir/c1-2-5-12-10(4-1)11-6-3-7-13-15(11)16-14(19-13)8-9-18-17(12)16;1-6(9)5-7(10)8(2,3)4;/h1-4,6-9H;5,10H,1-4H3;/q-1;;/b;7-5-;. The minimum absolute atomic E-state index is 0. The summed E-state index contributed by atoms with van der Waals surface area (Å²) in [4.78, 5) is 15.0. The Balaban J connectivity index is 0.000000203. The molecule has 5 rings (SSSR count). The number of rotatable bonds is 1. The molecule has 0 aliphatic heterocycles. The van der Waals surface area contributed by atoms with E-state index in [4.69, 9.17) is 4.42 Å². The van der Waals surface area contributed by atoms with Gasteiger partial charge in [0.15, 0.2) is 5.78 Å². The number of aliphatic hydroxyl groups excluding tert-OH is 1. The van der Waals surface area contributed by atoms with Crippen LogP contribution in [0.3, 0.4) is 0 Å². The van der Waals surface area contributed by atoms with Gasteiger partial charge in [0.1, 0.15) is 16.9 Å². The number of aromatic nitrogens is 1. The van der Waals surface area contributed by atoms with E-state index in [1.54, 1.807) is 6.20 Å². The van der Waals surface area contributed by atoms with Crippen LogP contribution in [0.1, 0.15) is 27.7 Å². The Kier molecular flexibility index (Phi) is 5.98. The number of nitrogens with zero attached hydrogens (tertiary/aromatic N) is 1. The van der Waals surface area contributed by atoms with Crippen molar-refractivity contribution >= 4 is 49.4 Å². The molecule has 30 heavy (non-hydrogen) atoms. The predicted molar refractivity (Wildman–Crippen MR) is 117 cm³/mol. The van der Waals surface area contributed by atoms with Crippen LogP contribution in [0.4, 0.5) is 0 Å². The average Bonchev–Trinajstić information content (AvgIpc) is 3.06. The number of carbonyl (C=O) groups is 1. The van der Waals surface area contributed by atoms with Gasteiger partial charge in [0, 0.05) is 54.1 Å². The topological polar surface area (TPSA) is 63.3 Å². The summed E-state index contributed by atoms with van der Waals surface area (Å²) in [6, 6.07) is 17.5. The zero-order chi connectivity index (χ0) is 20.8. The fraction of sp³-hybridized carbons (Fsp3) is 0.200. The summed E-state index contributed by atoms with van der Waals surface area (Å²) >= 11 is 0. The van der Waals surface area contributed by atoms with Crippen molar-refractivity contribution in [2.45, 2.75) is 27.7 Å². The first-order chi connectivity index (χ1) is 13.8. The van der Waals surface area contributed by atoms with Crippen molar-refractivity contribution in [2.24, 2.45) is 5.41 Å². The normalized spacial score (nSPS) is 12.2. The summed E-state index contributed by atoms with van der Waals surface area (Å²) in [5.41, 5.74) is 2.49. The fourth-order valence-electron chi connectivity index (χ4n) is 3.44. The Morgan fingerprint density at radius 2 is 1.77 bits per heavy atom. The van der Waals surface area contributed by atoms with Crippen molar-refractivity contribution in [3.8, 4) is 0 Å². The van der Waals surface area contributed by atoms with Gasteiger partial charge in [0.05, 0.1) is 0 Å². The minimum Gasteiger partial charge on any atom is -0.512 e. The zero-order valence-corrected chi connectivity index (χ0v) is 19.6. The molecule has 0 atom stereocenters. The molecule has 0 amide bonds. The number of allylic oxidation sites excluding steroid dienone is 2. The van der Waals surface area contributed by atoms with E-state index >= 15 is 0 Å². The summed E-state index contributed by atoms with van der Waals surface area (Å²) in [6.07, 6.45) is 3.05. The maximum atomic E-state index is 10.5. The summed E-state index contributed by atoms with van der Waals surface area (Å²) in [7, 11) is 0. The number of furan rings is 1. The smallest absolute Gasteiger partial charge is 0.155 e. The van der Waals surface area contributed by atoms with Gasteiger partial charge in [-0.15, -0.1) is 29.7 Å². The number of hydrogen-bond acceptors (Lipinski definition) is 4. The molecule has 0 bridgehead atoms. The molecule has 0 fully saturated rings. The largest absolute Gasteiger partial charge is 0.512 e. The van der Waals surface area contributed by atoms with Gasteiger partial charge < -0.3 is 14.5 Å². The second-order valence-electron chi connectivity index (χ2n) is 8.16. The number of pyridine rings is 1. The van der Waals surface area contributed by atoms with Crippen molar-refractivity contribution < 1.29 is 34.4 Å². The molecule has 5 heteroatoms. The third kappa shape index (κ3) is 3.83. The Labute approximate surface area is 188 Å². The summed E-state index contributed by atoms with van der Waals surface area (Å²) in [5, 5.41) is 14.9. The Bertz CT molecular complexity index is 1290. The van der Waals surface area contributed by atoms with Gasteiger partial charge in [0.2, 0.25) is 0 Å². The number of fused-ring (bicyclic) bond motifs is 3. The van der Waals surface area contributed by atoms with Crippen molar-refractivity contribution in [3.63, 3.8) is 0 Å². The SMILES string of the molecule is CC(=O)/C=C(\O)C(C)(C)C.[Ir].[c-]1cccc2c1c1nccc3oc4cccc2c4c31. The maximum Gasteiger partial charge on any atom is 0.155 e. The van der Waals surface area contributed by atoms with Gasteiger partial charge in [0.25, 0.3) is 0 Å². The number of aliphatic hydroxyl groups is 1. The molecule has 0 spiro atoms. The molecule has 2 heterocycles. The van der Waals surface area contributed by atoms with Crippen molar-refractivity contribution in [3.05, 3.63) is 66.6 Å². The first kappa shape index (κ1) is 21.9. The van der Waals surface area contributed by atoms with Crippen LogP contribution in [0, 0.1) is 11.5 Å². The number of hydrogen-bond donors (Lipinski definition) is 1. The summed E-state index contributed by atoms with van der Waals surface area (Å²) < 4.78 is 5.93. The zero-order valence-electron chi connectivity index (χ0n) is 17.2. The molecule has 1 N–H and O–H groups in total. The fourth-order valence-corrected chi connectivity index (χ4v) is 3.44. The van der Waals surface area contributed by atoms with Gasteiger partial charge >= 0.3 is 0 Å². The predicted octanol–water partition coefficient (Wildman–Crippen LogP) is 6.59. The molecule has 1 radical (unpaired) electrons. The Morgan fingerprint density at radius 1 is 1.07 bits per heavy atom. The van der Waals surface area contributed by atoms with E-state index in [0.717, 1.165) is 27.5 Å². The van der Waals surface area contributed by atoms with E-state index in [9.17, 15) is 9.90 Å². The van der Waals surface area contributed by atoms with Gasteiger partial charge in [-0.2, -0.15) is 0 Å². The van der Waals surface area contributed by atoms with Gasteiger partial charge in [-0.1, -0.05) is 38.3 Å². The van der Waals surface area contributed by atoms with Crippen molar-refractivity contribution in [1.82, 2.24) is 4.98 Å². The molecule has 0 unspecified atom stereocenters. The van der Waals surface area contributed by atoms with Gasteiger partial charge in [-0.25, -0.2) is 0 Å². The van der Waals surface area contributed by atoms with Crippen molar-refractivity contribution in [1.29, 1.82) is 0 Å². The summed E-state index contributed by atoms with van der Waals surface area (Å²) in [5.74, 6) is 0.0208. The van der Waals surface area contributed by atoms with Gasteiger partial charge in [-0.3, -0.25) is 4.79 Å². The molecule has 0 aliphatic carbocycles. The number of benzene rings is 3. The van der Waals surface area contributed by atoms with Crippen LogP contribution in [0.5, 0.6) is 0 Å². The van der Waals surface area contributed by atoms with Crippen LogP contribution in [-0.4, -0.2) is 15.9 Å². The van der Waals surface area contributed by atoms with Crippen LogP contribution >= 0.6 is 0 Å². The van der Waals surface area contributed by atoms with Crippen LogP contribution < -0.4 is 0 Å². The molecular weight excluding hydrogens is 554 g/mol. The van der Waals surface area contributed by atoms with E-state index in [2.05, 4.69) is 23.2 Å². The number of carbonyl (C=O) groups excluding carboxylic acids is 1. The van der Waals surface area contributed by atoms with Gasteiger partial charge in [-0.05, 0) is 24.4 Å². The molecular formula is C25H22IrNO3-. The first-order valence-corrected chi connectivity index (χ1v) is 9.51. The maximum absolute atomic E-state index is 10.5. The van der Waals surface area contributed by atoms with E-state index < -0.39 is 0 Å². The van der Waals surface area contributed by atoms with Crippen molar-refractivity contribution in [2.75, 3.05) is 0 Å². The monoisotopic (exact) mass is 577 g/mol. The second kappa shape index (κ2) is 8.17. The van der Waals surface area contributed by atoms with Crippen LogP contribution in [-0.2, 0) is 24.9 Å². The molecule has 5 aromatic rings. The Morgan fingerprint density at radius 3 is 2.43 bits per heavy atom. The molecule has 0 saturated heterocycles. The molecule has 0 aliphatic rings. The molecule has 0 saturated carbocycles. The average molecular weight is 577 g/mol. The quantitative estimate of drug-likeness (QED) is 0.106. The molecule has 3 aromatic carbocycles. The van der Waals surface area contributed by atoms with Crippen LogP contribution in [0.25, 0.3) is 43.6 Å². The molecule has 2 aromatic heterocycles. The Hall–Kier alpha value is -2.75. The van der Waals surface area contributed by atoms with Crippen LogP contribution in [0.15, 0.2) is 64.9 Å². The second-order valence-corrected chi connectivity index (χ2v) is 8.16. The minimum atomic E-state index is -0.314. The van der Waals surface area contributed by atoms with E-state index in [0.29, 0.717) is 0 Å². The third-order valence-corrected chi connectivity index (χ3v) is 4.90. The van der Waals surface area contributed by atoms with E-state index in [1.807, 2.05) is 51.1 Å². The first-order valence-electron chi connectivity index (χ1n) is 9.51. The molecule has 155 valence electrons. The molecule has 4 nitrogen and oxygen atoms in total. The van der Waals surface area contributed by atoms with E-state index in [-0.39, 0.29) is 37.1 Å². The third-order valence-electron chi connectivity index (χ3n) is 4.90. The summed E-state index contributed by atoms with van der Waals surface area (Å²) in [6.45, 7) is 6.97. The van der Waals surface area contributed by atoms with Crippen LogP contribution in [0.2, 0.25) is 0 Å². The number of ketones is 1. The van der Waals surface area contributed by atoms with E-state index in [1.165, 1.54) is 29.2 Å².